The van der Waals surface area contributed by atoms with Crippen molar-refractivity contribution < 1.29 is 9.47 Å². The first-order chi connectivity index (χ1) is 12.5. The van der Waals surface area contributed by atoms with E-state index in [1.807, 2.05) is 30.9 Å². The number of fused-ring (bicyclic) bond motifs is 1. The Bertz CT molecular complexity index is 866. The van der Waals surface area contributed by atoms with Crippen LogP contribution in [-0.4, -0.2) is 44.8 Å². The van der Waals surface area contributed by atoms with E-state index in [0.29, 0.717) is 24.6 Å². The third-order valence-electron chi connectivity index (χ3n) is 4.87. The molecule has 0 fully saturated rings. The molecule has 1 aromatic carbocycles. The van der Waals surface area contributed by atoms with Gasteiger partial charge in [0.2, 0.25) is 0 Å². The Kier molecular flexibility index (Phi) is 5.37. The first-order valence-electron chi connectivity index (χ1n) is 8.82. The summed E-state index contributed by atoms with van der Waals surface area (Å²) in [5, 5.41) is 0. The van der Waals surface area contributed by atoms with E-state index in [1.54, 1.807) is 25.0 Å². The summed E-state index contributed by atoms with van der Waals surface area (Å²) in [6, 6.07) is 3.92. The summed E-state index contributed by atoms with van der Waals surface area (Å²) in [7, 11) is 9.32. The van der Waals surface area contributed by atoms with Crippen LogP contribution in [0.4, 0.5) is 11.5 Å². The van der Waals surface area contributed by atoms with Crippen molar-refractivity contribution in [3.63, 3.8) is 0 Å². The standard InChI is InChI=1S/C19H24BN3O3/c1-5-14(11-25-3)23-10-16(20)21-18(19(23)24)22-7-6-13-9-15(26-4)8-12(2)17(13)22/h8-10,14H,5-7,11H2,1-4H3/t14-/m0/s1. The van der Waals surface area contributed by atoms with Crippen LogP contribution < -0.4 is 20.8 Å². The minimum absolute atomic E-state index is 0.0735. The van der Waals surface area contributed by atoms with Gasteiger partial charge in [-0.2, -0.15) is 0 Å². The molecule has 1 atom stereocenters. The van der Waals surface area contributed by atoms with Crippen LogP contribution in [0.5, 0.6) is 5.75 Å². The fraction of sp³-hybridized carbons (Fsp3) is 0.474. The molecule has 0 N–H and O–H groups in total. The Morgan fingerprint density at radius 2 is 2.12 bits per heavy atom. The predicted molar refractivity (Wildman–Crippen MR) is 104 cm³/mol. The molecule has 6 nitrogen and oxygen atoms in total. The normalized spacial score (nSPS) is 14.4. The quantitative estimate of drug-likeness (QED) is 0.739. The largest absolute Gasteiger partial charge is 0.497 e. The van der Waals surface area contributed by atoms with Crippen LogP contribution in [-0.2, 0) is 11.2 Å². The fourth-order valence-electron chi connectivity index (χ4n) is 3.62. The second-order valence-corrected chi connectivity index (χ2v) is 6.57. The second-order valence-electron chi connectivity index (χ2n) is 6.57. The number of anilines is 2. The number of methoxy groups -OCH3 is 2. The topological polar surface area (TPSA) is 56.6 Å². The first-order valence-corrected chi connectivity index (χ1v) is 8.82. The van der Waals surface area contributed by atoms with E-state index in [0.717, 1.165) is 35.4 Å². The molecule has 0 saturated carbocycles. The minimum Gasteiger partial charge on any atom is -0.497 e. The van der Waals surface area contributed by atoms with Gasteiger partial charge < -0.3 is 18.9 Å². The summed E-state index contributed by atoms with van der Waals surface area (Å²) in [4.78, 5) is 19.5. The van der Waals surface area contributed by atoms with Crippen LogP contribution >= 0.6 is 0 Å². The van der Waals surface area contributed by atoms with E-state index in [4.69, 9.17) is 17.3 Å². The van der Waals surface area contributed by atoms with Gasteiger partial charge in [0.25, 0.3) is 5.56 Å². The summed E-state index contributed by atoms with van der Waals surface area (Å²) in [5.41, 5.74) is 3.41. The molecular weight excluding hydrogens is 329 g/mol. The lowest BCUT2D eigenvalue weighted by Gasteiger charge is -2.24. The highest BCUT2D eigenvalue weighted by Crippen LogP contribution is 2.37. The summed E-state index contributed by atoms with van der Waals surface area (Å²) < 4.78 is 12.3. The van der Waals surface area contributed by atoms with Crippen molar-refractivity contribution in [2.24, 2.45) is 0 Å². The molecule has 3 rings (SSSR count). The van der Waals surface area contributed by atoms with Crippen LogP contribution in [0.3, 0.4) is 0 Å². The van der Waals surface area contributed by atoms with E-state index < -0.39 is 0 Å². The molecule has 7 heteroatoms. The summed E-state index contributed by atoms with van der Waals surface area (Å²) >= 11 is 0. The molecule has 1 aromatic heterocycles. The van der Waals surface area contributed by atoms with Gasteiger partial charge in [-0.25, -0.2) is 4.98 Å². The van der Waals surface area contributed by atoms with Crippen LogP contribution in [0.2, 0.25) is 0 Å². The minimum atomic E-state index is -0.147. The van der Waals surface area contributed by atoms with E-state index in [1.165, 1.54) is 0 Å². The van der Waals surface area contributed by atoms with Gasteiger partial charge in [0.1, 0.15) is 13.6 Å². The number of ether oxygens (including phenoxy) is 2. The first kappa shape index (κ1) is 18.5. The van der Waals surface area contributed by atoms with Crippen LogP contribution in [0.25, 0.3) is 0 Å². The number of hydrogen-bond donors (Lipinski definition) is 0. The highest BCUT2D eigenvalue weighted by atomic mass is 16.5. The third-order valence-corrected chi connectivity index (χ3v) is 4.87. The Labute approximate surface area is 155 Å². The predicted octanol–water partition coefficient (Wildman–Crippen LogP) is 1.65. The van der Waals surface area contributed by atoms with Gasteiger partial charge in [0, 0.05) is 31.1 Å². The van der Waals surface area contributed by atoms with Gasteiger partial charge in [-0.3, -0.25) is 4.79 Å². The fourth-order valence-corrected chi connectivity index (χ4v) is 3.62. The molecule has 0 amide bonds. The molecule has 136 valence electrons. The number of hydrogen-bond acceptors (Lipinski definition) is 5. The average molecular weight is 353 g/mol. The molecule has 0 aliphatic carbocycles. The summed E-state index contributed by atoms with van der Waals surface area (Å²) in [5.74, 6) is 1.19. The summed E-state index contributed by atoms with van der Waals surface area (Å²) in [6.07, 6.45) is 3.21. The Hall–Kier alpha value is -2.28. The number of benzene rings is 1. The Morgan fingerprint density at radius 3 is 2.77 bits per heavy atom. The Morgan fingerprint density at radius 1 is 1.35 bits per heavy atom. The van der Waals surface area contributed by atoms with Crippen molar-refractivity contribution in [2.45, 2.75) is 32.7 Å². The lowest BCUT2D eigenvalue weighted by molar-refractivity contribution is 0.151. The zero-order valence-electron chi connectivity index (χ0n) is 15.8. The van der Waals surface area contributed by atoms with E-state index in [9.17, 15) is 4.79 Å². The van der Waals surface area contributed by atoms with Crippen molar-refractivity contribution in [3.05, 3.63) is 39.8 Å². The second kappa shape index (κ2) is 7.54. The van der Waals surface area contributed by atoms with Gasteiger partial charge in [-0.05, 0) is 43.0 Å². The van der Waals surface area contributed by atoms with E-state index >= 15 is 0 Å². The van der Waals surface area contributed by atoms with Crippen molar-refractivity contribution in [3.8, 4) is 5.75 Å². The summed E-state index contributed by atoms with van der Waals surface area (Å²) in [6.45, 7) is 5.18. The number of aromatic nitrogens is 2. The molecule has 0 saturated heterocycles. The zero-order chi connectivity index (χ0) is 18.8. The molecule has 1 aliphatic heterocycles. The molecule has 26 heavy (non-hydrogen) atoms. The molecule has 2 aromatic rings. The van der Waals surface area contributed by atoms with Crippen molar-refractivity contribution >= 4 is 24.9 Å². The molecule has 1 aliphatic rings. The maximum absolute atomic E-state index is 13.2. The van der Waals surface area contributed by atoms with Crippen LogP contribution in [0.1, 0.15) is 30.5 Å². The third kappa shape index (κ3) is 3.23. The lowest BCUT2D eigenvalue weighted by Crippen LogP contribution is -2.37. The highest BCUT2D eigenvalue weighted by Gasteiger charge is 2.27. The highest BCUT2D eigenvalue weighted by molar-refractivity contribution is 6.30. The molecule has 0 bridgehead atoms. The average Bonchev–Trinajstić information content (AvgIpc) is 3.05. The van der Waals surface area contributed by atoms with E-state index in [2.05, 4.69) is 4.98 Å². The maximum Gasteiger partial charge on any atom is 0.294 e. The van der Waals surface area contributed by atoms with Gasteiger partial charge >= 0.3 is 0 Å². The molecule has 2 radical (unpaired) electrons. The van der Waals surface area contributed by atoms with Crippen LogP contribution in [0.15, 0.2) is 23.1 Å². The van der Waals surface area contributed by atoms with Crippen LogP contribution in [0, 0.1) is 6.92 Å². The number of rotatable bonds is 6. The zero-order valence-corrected chi connectivity index (χ0v) is 15.8. The van der Waals surface area contributed by atoms with Gasteiger partial charge in [0.15, 0.2) is 5.82 Å². The maximum atomic E-state index is 13.2. The number of aryl methyl sites for hydroxylation is 1. The monoisotopic (exact) mass is 353 g/mol. The van der Waals surface area contributed by atoms with Crippen molar-refractivity contribution in [2.75, 3.05) is 32.3 Å². The van der Waals surface area contributed by atoms with Crippen molar-refractivity contribution in [1.29, 1.82) is 0 Å². The van der Waals surface area contributed by atoms with Gasteiger partial charge in [0.05, 0.1) is 19.8 Å². The Balaban J connectivity index is 2.10. The van der Waals surface area contributed by atoms with Gasteiger partial charge in [-0.15, -0.1) is 0 Å². The van der Waals surface area contributed by atoms with E-state index in [-0.39, 0.29) is 11.6 Å². The smallest absolute Gasteiger partial charge is 0.294 e. The lowest BCUT2D eigenvalue weighted by atomic mass is 10.1. The van der Waals surface area contributed by atoms with Gasteiger partial charge in [-0.1, -0.05) is 6.92 Å². The molecular formula is C19H24BN3O3. The number of nitrogens with zero attached hydrogens (tertiary/aromatic N) is 3. The molecule has 0 spiro atoms. The van der Waals surface area contributed by atoms with Crippen molar-refractivity contribution in [1.82, 2.24) is 9.55 Å². The SMILES string of the molecule is [B]c1cn([C@@H](CC)COC)c(=O)c(N2CCc3cc(OC)cc(C)c32)n1. The molecule has 2 heterocycles. The molecule has 0 unspecified atom stereocenters.